The van der Waals surface area contributed by atoms with Crippen LogP contribution in [0.2, 0.25) is 0 Å². The number of hydrogen-bond donors (Lipinski definition) is 2. The summed E-state index contributed by atoms with van der Waals surface area (Å²) < 4.78 is 5.48. The van der Waals surface area contributed by atoms with E-state index < -0.39 is 18.1 Å². The van der Waals surface area contributed by atoms with Gasteiger partial charge in [0.2, 0.25) is 0 Å². The molecule has 0 aromatic heterocycles. The van der Waals surface area contributed by atoms with Gasteiger partial charge in [0, 0.05) is 5.92 Å². The lowest BCUT2D eigenvalue weighted by atomic mass is 9.98. The molecule has 1 aliphatic rings. The molecule has 4 rings (SSSR count). The van der Waals surface area contributed by atoms with Crippen molar-refractivity contribution >= 4 is 12.1 Å². The van der Waals surface area contributed by atoms with Gasteiger partial charge in [-0.1, -0.05) is 78.4 Å². The summed E-state index contributed by atoms with van der Waals surface area (Å²) in [5, 5.41) is 12.0. The first-order valence-corrected chi connectivity index (χ1v) is 10.9. The maximum Gasteiger partial charge on any atom is 0.407 e. The maximum absolute atomic E-state index is 12.4. The molecule has 1 amide bonds. The second-order valence-corrected chi connectivity index (χ2v) is 8.24. The molecule has 0 unspecified atom stereocenters. The Labute approximate surface area is 188 Å². The molecule has 5 heteroatoms. The fourth-order valence-corrected chi connectivity index (χ4v) is 4.30. The van der Waals surface area contributed by atoms with Crippen LogP contribution in [-0.4, -0.2) is 29.8 Å². The molecule has 1 atom stereocenters. The minimum Gasteiger partial charge on any atom is -0.480 e. The highest BCUT2D eigenvalue weighted by molar-refractivity contribution is 5.81. The zero-order valence-corrected chi connectivity index (χ0v) is 18.1. The quantitative estimate of drug-likeness (QED) is 0.509. The van der Waals surface area contributed by atoms with Crippen molar-refractivity contribution < 1.29 is 19.4 Å². The van der Waals surface area contributed by atoms with E-state index in [-0.39, 0.29) is 12.5 Å². The molecule has 2 N–H and O–H groups in total. The lowest BCUT2D eigenvalue weighted by Gasteiger charge is -2.17. The number of carbonyl (C=O) groups excluding carboxylic acids is 1. The molecular weight excluding hydrogens is 402 g/mol. The van der Waals surface area contributed by atoms with E-state index in [9.17, 15) is 14.7 Å². The molecule has 0 saturated heterocycles. The summed E-state index contributed by atoms with van der Waals surface area (Å²) in [7, 11) is 0. The van der Waals surface area contributed by atoms with Gasteiger partial charge in [0.15, 0.2) is 0 Å². The van der Waals surface area contributed by atoms with Gasteiger partial charge in [-0.3, -0.25) is 0 Å². The van der Waals surface area contributed by atoms with E-state index in [0.717, 1.165) is 34.2 Å². The number of carboxylic acid groups (broad SMARTS) is 1. The molecular formula is C27H27NO4. The van der Waals surface area contributed by atoms with Crippen molar-refractivity contribution in [3.05, 3.63) is 95.1 Å². The summed E-state index contributed by atoms with van der Waals surface area (Å²) in [6, 6.07) is 23.4. The van der Waals surface area contributed by atoms with Crippen molar-refractivity contribution in [1.29, 1.82) is 0 Å². The van der Waals surface area contributed by atoms with Crippen molar-refractivity contribution in [2.45, 2.75) is 38.1 Å². The van der Waals surface area contributed by atoms with Crippen molar-refractivity contribution in [3.8, 4) is 11.1 Å². The Bertz CT molecular complexity index is 1060. The fourth-order valence-electron chi connectivity index (χ4n) is 4.30. The number of aliphatic carboxylic acids is 1. The van der Waals surface area contributed by atoms with Gasteiger partial charge in [-0.2, -0.15) is 0 Å². The number of amides is 1. The van der Waals surface area contributed by atoms with Crippen LogP contribution >= 0.6 is 0 Å². The standard InChI is InChI=1S/C27H27NO4/c1-18-13-15-19(16-14-18)7-6-12-25(26(29)30)28-27(31)32-17-24-22-10-4-2-8-20(22)21-9-3-5-11-23(21)24/h2-5,8-11,13-16,24-25H,6-7,12,17H2,1H3,(H,28,31)(H,29,30)/t25-/m0/s1. The number of aryl methyl sites for hydroxylation is 2. The van der Waals surface area contributed by atoms with Gasteiger partial charge in [-0.15, -0.1) is 0 Å². The Hall–Kier alpha value is -3.60. The summed E-state index contributed by atoms with van der Waals surface area (Å²) in [6.07, 6.45) is 1.06. The average Bonchev–Trinajstić information content (AvgIpc) is 3.12. The summed E-state index contributed by atoms with van der Waals surface area (Å²) in [4.78, 5) is 24.1. The van der Waals surface area contributed by atoms with Gasteiger partial charge in [-0.25, -0.2) is 9.59 Å². The lowest BCUT2D eigenvalue weighted by molar-refractivity contribution is -0.139. The molecule has 164 valence electrons. The lowest BCUT2D eigenvalue weighted by Crippen LogP contribution is -2.41. The summed E-state index contributed by atoms with van der Waals surface area (Å²) in [5.41, 5.74) is 6.88. The second kappa shape index (κ2) is 9.69. The van der Waals surface area contributed by atoms with E-state index in [1.807, 2.05) is 67.6 Å². The van der Waals surface area contributed by atoms with Crippen LogP contribution in [0.25, 0.3) is 11.1 Å². The summed E-state index contributed by atoms with van der Waals surface area (Å²) in [6.45, 7) is 2.19. The van der Waals surface area contributed by atoms with Crippen LogP contribution in [-0.2, 0) is 16.0 Å². The SMILES string of the molecule is Cc1ccc(CCC[C@H](NC(=O)OCC2c3ccccc3-c3ccccc32)C(=O)O)cc1. The third-order valence-electron chi connectivity index (χ3n) is 6.01. The van der Waals surface area contributed by atoms with Gasteiger partial charge in [0.05, 0.1) is 0 Å². The number of ether oxygens (including phenoxy) is 1. The molecule has 0 spiro atoms. The van der Waals surface area contributed by atoms with E-state index in [4.69, 9.17) is 4.74 Å². The maximum atomic E-state index is 12.4. The van der Waals surface area contributed by atoms with Gasteiger partial charge in [0.25, 0.3) is 0 Å². The number of benzene rings is 3. The minimum absolute atomic E-state index is 0.0574. The van der Waals surface area contributed by atoms with Crippen molar-refractivity contribution in [2.75, 3.05) is 6.61 Å². The van der Waals surface area contributed by atoms with Crippen LogP contribution in [0.3, 0.4) is 0 Å². The first-order valence-electron chi connectivity index (χ1n) is 10.9. The second-order valence-electron chi connectivity index (χ2n) is 8.24. The normalized spacial score (nSPS) is 13.2. The molecule has 0 heterocycles. The van der Waals surface area contributed by atoms with Gasteiger partial charge in [-0.05, 0) is 54.0 Å². The smallest absolute Gasteiger partial charge is 0.407 e. The van der Waals surface area contributed by atoms with Crippen LogP contribution in [0, 0.1) is 6.92 Å². The van der Waals surface area contributed by atoms with Gasteiger partial charge in [0.1, 0.15) is 12.6 Å². The summed E-state index contributed by atoms with van der Waals surface area (Å²) >= 11 is 0. The Kier molecular flexibility index (Phi) is 6.55. The molecule has 0 saturated carbocycles. The number of carboxylic acids is 1. The largest absolute Gasteiger partial charge is 0.480 e. The number of nitrogens with one attached hydrogen (secondary N) is 1. The van der Waals surface area contributed by atoms with E-state index in [0.29, 0.717) is 12.8 Å². The van der Waals surface area contributed by atoms with Crippen LogP contribution in [0.4, 0.5) is 4.79 Å². The van der Waals surface area contributed by atoms with Crippen LogP contribution in [0.1, 0.15) is 41.0 Å². The van der Waals surface area contributed by atoms with Gasteiger partial charge >= 0.3 is 12.1 Å². The topological polar surface area (TPSA) is 75.6 Å². The van der Waals surface area contributed by atoms with Crippen molar-refractivity contribution in [1.82, 2.24) is 5.32 Å². The Morgan fingerprint density at radius 3 is 2.12 bits per heavy atom. The average molecular weight is 430 g/mol. The number of alkyl carbamates (subject to hydrolysis) is 1. The highest BCUT2D eigenvalue weighted by Gasteiger charge is 2.29. The molecule has 3 aromatic rings. The molecule has 5 nitrogen and oxygen atoms in total. The molecule has 0 radical (unpaired) electrons. The van der Waals surface area contributed by atoms with Crippen LogP contribution in [0.5, 0.6) is 0 Å². The Balaban J connectivity index is 1.33. The number of carbonyl (C=O) groups is 2. The fraction of sp³-hybridized carbons (Fsp3) is 0.259. The number of hydrogen-bond acceptors (Lipinski definition) is 3. The van der Waals surface area contributed by atoms with Gasteiger partial charge < -0.3 is 15.2 Å². The molecule has 0 bridgehead atoms. The molecule has 0 fully saturated rings. The highest BCUT2D eigenvalue weighted by Crippen LogP contribution is 2.44. The van der Waals surface area contributed by atoms with Crippen LogP contribution in [0.15, 0.2) is 72.8 Å². The number of fused-ring (bicyclic) bond motifs is 3. The zero-order chi connectivity index (χ0) is 22.5. The molecule has 32 heavy (non-hydrogen) atoms. The highest BCUT2D eigenvalue weighted by atomic mass is 16.5. The predicted molar refractivity (Wildman–Crippen MR) is 124 cm³/mol. The molecule has 1 aliphatic carbocycles. The molecule has 0 aliphatic heterocycles. The number of rotatable bonds is 8. The first-order chi connectivity index (χ1) is 15.5. The third-order valence-corrected chi connectivity index (χ3v) is 6.01. The minimum atomic E-state index is -1.05. The van der Waals surface area contributed by atoms with E-state index in [1.54, 1.807) is 0 Å². The Morgan fingerprint density at radius 2 is 1.53 bits per heavy atom. The Morgan fingerprint density at radius 1 is 0.938 bits per heavy atom. The zero-order valence-electron chi connectivity index (χ0n) is 18.1. The van der Waals surface area contributed by atoms with E-state index in [2.05, 4.69) is 17.4 Å². The van der Waals surface area contributed by atoms with E-state index in [1.165, 1.54) is 5.56 Å². The third kappa shape index (κ3) is 4.83. The summed E-state index contributed by atoms with van der Waals surface area (Å²) in [5.74, 6) is -1.11. The van der Waals surface area contributed by atoms with E-state index >= 15 is 0 Å². The monoisotopic (exact) mass is 429 g/mol. The van der Waals surface area contributed by atoms with Crippen molar-refractivity contribution in [2.24, 2.45) is 0 Å². The predicted octanol–water partition coefficient (Wildman–Crippen LogP) is 5.31. The van der Waals surface area contributed by atoms with Crippen molar-refractivity contribution in [3.63, 3.8) is 0 Å². The van der Waals surface area contributed by atoms with Crippen LogP contribution < -0.4 is 5.32 Å². The first kappa shape index (κ1) is 21.6. The molecule has 3 aromatic carbocycles.